The molecule has 3 atom stereocenters. The van der Waals surface area contributed by atoms with Gasteiger partial charge in [-0.15, -0.1) is 0 Å². The van der Waals surface area contributed by atoms with Gasteiger partial charge in [0, 0.05) is 18.7 Å². The van der Waals surface area contributed by atoms with Crippen molar-refractivity contribution >= 4 is 23.4 Å². The van der Waals surface area contributed by atoms with Crippen LogP contribution in [0.15, 0.2) is 36.4 Å². The molecule has 31 heavy (non-hydrogen) atoms. The highest BCUT2D eigenvalue weighted by atomic mass is 16.2. The summed E-state index contributed by atoms with van der Waals surface area (Å²) in [5.41, 5.74) is 3.71. The van der Waals surface area contributed by atoms with E-state index in [2.05, 4.69) is 22.6 Å². The Morgan fingerprint density at radius 2 is 2.00 bits per heavy atom. The van der Waals surface area contributed by atoms with Gasteiger partial charge >= 0.3 is 0 Å². The van der Waals surface area contributed by atoms with Crippen LogP contribution in [0.4, 0.5) is 5.69 Å². The number of benzene rings is 1. The highest BCUT2D eigenvalue weighted by molar-refractivity contribution is 6.05. The lowest BCUT2D eigenvalue weighted by molar-refractivity contribution is -0.139. The lowest BCUT2D eigenvalue weighted by Crippen LogP contribution is -2.59. The Hall–Kier alpha value is -2.67. The van der Waals surface area contributed by atoms with Crippen LogP contribution < -0.4 is 15.8 Å². The summed E-state index contributed by atoms with van der Waals surface area (Å²) in [7, 11) is 0. The van der Waals surface area contributed by atoms with Crippen LogP contribution in [0.2, 0.25) is 0 Å². The summed E-state index contributed by atoms with van der Waals surface area (Å²) >= 11 is 0. The summed E-state index contributed by atoms with van der Waals surface area (Å²) in [6.07, 6.45) is 8.56. The van der Waals surface area contributed by atoms with Crippen molar-refractivity contribution in [3.8, 4) is 0 Å². The molecule has 0 bridgehead atoms. The van der Waals surface area contributed by atoms with Crippen LogP contribution in [0.3, 0.4) is 0 Å². The number of allylic oxidation sites excluding steroid dienone is 2. The third-order valence-corrected chi connectivity index (χ3v) is 6.57. The van der Waals surface area contributed by atoms with Crippen molar-refractivity contribution in [2.75, 3.05) is 31.2 Å². The minimum absolute atomic E-state index is 0.123. The predicted octanol–water partition coefficient (Wildman–Crippen LogP) is 2.50. The monoisotopic (exact) mass is 424 g/mol. The van der Waals surface area contributed by atoms with Crippen LogP contribution >= 0.6 is 0 Å². The zero-order chi connectivity index (χ0) is 21.8. The van der Waals surface area contributed by atoms with E-state index in [1.165, 1.54) is 17.9 Å². The third kappa shape index (κ3) is 4.98. The maximum Gasteiger partial charge on any atom is 0.251 e. The van der Waals surface area contributed by atoms with Gasteiger partial charge in [-0.1, -0.05) is 25.1 Å². The molecule has 7 heteroatoms. The summed E-state index contributed by atoms with van der Waals surface area (Å²) < 4.78 is 0. The number of piperidine rings is 1. The predicted molar refractivity (Wildman–Crippen MR) is 119 cm³/mol. The number of hydrogen-bond donors (Lipinski definition) is 2. The Bertz CT molecular complexity index is 868. The quantitative estimate of drug-likeness (QED) is 0.543. The zero-order valence-corrected chi connectivity index (χ0v) is 18.2. The van der Waals surface area contributed by atoms with E-state index >= 15 is 0 Å². The molecule has 0 spiro atoms. The van der Waals surface area contributed by atoms with Gasteiger partial charge in [0.15, 0.2) is 0 Å². The van der Waals surface area contributed by atoms with Crippen molar-refractivity contribution in [2.24, 2.45) is 17.8 Å². The molecule has 1 aromatic rings. The molecule has 0 saturated carbocycles. The Morgan fingerprint density at radius 3 is 2.81 bits per heavy atom. The number of hydrazine groups is 1. The molecule has 1 aromatic carbocycles. The Kier molecular flexibility index (Phi) is 6.70. The minimum atomic E-state index is -0.339. The lowest BCUT2D eigenvalue weighted by Gasteiger charge is -2.38. The number of carbonyl (C=O) groups excluding carboxylic acids is 3. The lowest BCUT2D eigenvalue weighted by atomic mass is 9.80. The molecule has 2 N–H and O–H groups in total. The number of nitrogens with one attached hydrogen (secondary N) is 2. The normalized spacial score (nSPS) is 26.4. The van der Waals surface area contributed by atoms with Gasteiger partial charge < -0.3 is 10.2 Å². The average Bonchev–Trinajstić information content (AvgIpc) is 2.79. The van der Waals surface area contributed by atoms with Gasteiger partial charge in [0.1, 0.15) is 0 Å². The van der Waals surface area contributed by atoms with E-state index in [1.54, 1.807) is 24.3 Å². The van der Waals surface area contributed by atoms with Crippen molar-refractivity contribution in [2.45, 2.75) is 39.0 Å². The first-order valence-corrected chi connectivity index (χ1v) is 11.4. The summed E-state index contributed by atoms with van der Waals surface area (Å²) in [5.74, 6) is -0.318. The Labute approximate surface area is 183 Å². The fourth-order valence-electron chi connectivity index (χ4n) is 4.87. The summed E-state index contributed by atoms with van der Waals surface area (Å²) in [5, 5.41) is 4.28. The van der Waals surface area contributed by atoms with Gasteiger partial charge in [-0.25, -0.2) is 5.01 Å². The molecule has 0 radical (unpaired) electrons. The first-order chi connectivity index (χ1) is 15.0. The number of fused-ring (bicyclic) bond motifs is 1. The van der Waals surface area contributed by atoms with Crippen LogP contribution in [-0.4, -0.2) is 48.8 Å². The van der Waals surface area contributed by atoms with E-state index in [1.807, 2.05) is 12.2 Å². The van der Waals surface area contributed by atoms with Crippen molar-refractivity contribution in [1.29, 1.82) is 0 Å². The van der Waals surface area contributed by atoms with E-state index in [0.29, 0.717) is 30.6 Å². The van der Waals surface area contributed by atoms with Gasteiger partial charge in [0.25, 0.3) is 5.91 Å². The van der Waals surface area contributed by atoms with Gasteiger partial charge in [-0.05, 0) is 69.3 Å². The van der Waals surface area contributed by atoms with Crippen LogP contribution in [0.25, 0.3) is 0 Å². The van der Waals surface area contributed by atoms with Crippen molar-refractivity contribution in [1.82, 2.24) is 15.6 Å². The smallest absolute Gasteiger partial charge is 0.251 e. The van der Waals surface area contributed by atoms with Gasteiger partial charge in [-0.2, -0.15) is 0 Å². The molecular weight excluding hydrogens is 392 g/mol. The van der Waals surface area contributed by atoms with E-state index < -0.39 is 0 Å². The highest BCUT2D eigenvalue weighted by Crippen LogP contribution is 2.32. The topological polar surface area (TPSA) is 81.8 Å². The molecule has 0 aromatic heterocycles. The van der Waals surface area contributed by atoms with Gasteiger partial charge in [-0.3, -0.25) is 19.8 Å². The van der Waals surface area contributed by atoms with Gasteiger partial charge in [0.05, 0.1) is 17.5 Å². The Balaban J connectivity index is 1.33. The summed E-state index contributed by atoms with van der Waals surface area (Å²) in [6.45, 7) is 6.19. The van der Waals surface area contributed by atoms with E-state index in [-0.39, 0.29) is 29.6 Å². The fraction of sp³-hybridized carbons (Fsp3) is 0.542. The molecule has 166 valence electrons. The number of rotatable bonds is 6. The average molecular weight is 425 g/mol. The second-order valence-electron chi connectivity index (χ2n) is 9.01. The van der Waals surface area contributed by atoms with Crippen LogP contribution in [0.5, 0.6) is 0 Å². The maximum atomic E-state index is 12.9. The number of likely N-dealkylation sites (tertiary alicyclic amines) is 1. The first-order valence-electron chi connectivity index (χ1n) is 11.4. The van der Waals surface area contributed by atoms with Crippen LogP contribution in [-0.2, 0) is 9.59 Å². The number of carbonyl (C=O) groups is 3. The Morgan fingerprint density at radius 1 is 1.19 bits per heavy atom. The van der Waals surface area contributed by atoms with E-state index in [9.17, 15) is 14.4 Å². The molecule has 3 aliphatic rings. The van der Waals surface area contributed by atoms with Crippen molar-refractivity contribution < 1.29 is 14.4 Å². The second kappa shape index (κ2) is 9.64. The number of amides is 3. The number of anilines is 1. The van der Waals surface area contributed by atoms with Gasteiger partial charge in [0.2, 0.25) is 11.8 Å². The number of hydrogen-bond acceptors (Lipinski definition) is 4. The standard InChI is InChI=1S/C24H32N4O3/c1-17-7-5-13-27(16-17)14-6-12-25-22(29)18-8-4-9-19(15-18)28-24(31)21-11-3-2-10-20(21)23(30)26-28/h2-4,8-9,15,17,20-21H,5-7,10-14,16H2,1H3,(H,25,29)(H,26,30). The molecule has 2 aliphatic heterocycles. The van der Waals surface area contributed by atoms with Crippen molar-refractivity contribution in [3.05, 3.63) is 42.0 Å². The maximum absolute atomic E-state index is 12.9. The molecule has 3 unspecified atom stereocenters. The third-order valence-electron chi connectivity index (χ3n) is 6.57. The molecule has 7 nitrogen and oxygen atoms in total. The first kappa shape index (κ1) is 21.6. The van der Waals surface area contributed by atoms with Crippen LogP contribution in [0.1, 0.15) is 49.4 Å². The van der Waals surface area contributed by atoms with E-state index in [0.717, 1.165) is 32.0 Å². The van der Waals surface area contributed by atoms with Crippen LogP contribution in [0, 0.1) is 17.8 Å². The molecule has 2 saturated heterocycles. The SMILES string of the molecule is CC1CCCN(CCCNC(=O)c2cccc(N3NC(=O)C4CC=CCC4C3=O)c2)C1. The van der Waals surface area contributed by atoms with E-state index in [4.69, 9.17) is 0 Å². The molecule has 2 heterocycles. The van der Waals surface area contributed by atoms with Crippen molar-refractivity contribution in [3.63, 3.8) is 0 Å². The largest absolute Gasteiger partial charge is 0.352 e. The summed E-state index contributed by atoms with van der Waals surface area (Å²) in [6, 6.07) is 6.88. The highest BCUT2D eigenvalue weighted by Gasteiger charge is 2.42. The second-order valence-corrected chi connectivity index (χ2v) is 9.01. The molecule has 2 fully saturated rings. The minimum Gasteiger partial charge on any atom is -0.352 e. The molecule has 4 rings (SSSR count). The zero-order valence-electron chi connectivity index (χ0n) is 18.2. The summed E-state index contributed by atoms with van der Waals surface area (Å²) in [4.78, 5) is 40.5. The fourth-order valence-corrected chi connectivity index (χ4v) is 4.87. The molecule has 3 amide bonds. The number of nitrogens with zero attached hydrogens (tertiary/aromatic N) is 2. The molecular formula is C24H32N4O3. The molecule has 1 aliphatic carbocycles.